The van der Waals surface area contributed by atoms with Crippen molar-refractivity contribution in [2.24, 2.45) is 0 Å². The molecule has 92 valence electrons. The van der Waals surface area contributed by atoms with Crippen LogP contribution in [0.25, 0.3) is 10.9 Å². The van der Waals surface area contributed by atoms with E-state index in [1.165, 1.54) is 6.20 Å². The zero-order chi connectivity index (χ0) is 13.3. The molecule has 0 spiro atoms. The maximum atomic E-state index is 11.9. The Labute approximate surface area is 104 Å². The fourth-order valence-electron chi connectivity index (χ4n) is 1.74. The summed E-state index contributed by atoms with van der Waals surface area (Å²) >= 11 is 0. The number of hydrogen-bond acceptors (Lipinski definition) is 4. The summed E-state index contributed by atoms with van der Waals surface area (Å²) in [5, 5.41) is 9.38. The molecular formula is C12H10N2O3S. The number of benzene rings is 1. The lowest BCUT2D eigenvalue weighted by Crippen LogP contribution is -2.14. The number of ketones is 1. The molecule has 6 heteroatoms. The van der Waals surface area contributed by atoms with E-state index in [2.05, 4.69) is 4.98 Å². The van der Waals surface area contributed by atoms with E-state index < -0.39 is 21.4 Å². The van der Waals surface area contributed by atoms with E-state index in [0.29, 0.717) is 22.0 Å². The smallest absolute Gasteiger partial charge is 0.179 e. The Morgan fingerprint density at radius 3 is 2.78 bits per heavy atom. The fraction of sp³-hybridized carbons (Fsp3) is 0.167. The van der Waals surface area contributed by atoms with Crippen molar-refractivity contribution in [3.63, 3.8) is 0 Å². The van der Waals surface area contributed by atoms with Crippen LogP contribution in [-0.2, 0) is 9.84 Å². The number of Topliss-reactive ketones (excluding diaryl/α,β-unsaturated/α-hetero) is 1. The molecule has 5 nitrogen and oxygen atoms in total. The number of fused-ring (bicyclic) bond motifs is 1. The number of carbonyl (C=O) groups excluding carboxylic acids is 1. The number of nitrogens with one attached hydrogen (secondary N) is 1. The third-order valence-corrected chi connectivity index (χ3v) is 3.29. The summed E-state index contributed by atoms with van der Waals surface area (Å²) in [6.07, 6.45) is 2.49. The van der Waals surface area contributed by atoms with Crippen molar-refractivity contribution in [1.82, 2.24) is 4.98 Å². The normalized spacial score (nSPS) is 11.3. The highest BCUT2D eigenvalue weighted by molar-refractivity contribution is 7.91. The van der Waals surface area contributed by atoms with Crippen LogP contribution >= 0.6 is 0 Å². The van der Waals surface area contributed by atoms with Gasteiger partial charge in [-0.1, -0.05) is 0 Å². The van der Waals surface area contributed by atoms with Gasteiger partial charge in [-0.3, -0.25) is 4.79 Å². The Bertz CT molecular complexity index is 766. The van der Waals surface area contributed by atoms with Gasteiger partial charge in [0.15, 0.2) is 15.6 Å². The van der Waals surface area contributed by atoms with Crippen molar-refractivity contribution in [3.8, 4) is 6.07 Å². The first-order valence-electron chi connectivity index (χ1n) is 5.13. The zero-order valence-electron chi connectivity index (χ0n) is 9.60. The summed E-state index contributed by atoms with van der Waals surface area (Å²) in [7, 11) is -3.36. The summed E-state index contributed by atoms with van der Waals surface area (Å²) in [5.41, 5.74) is 1.42. The van der Waals surface area contributed by atoms with Crippen molar-refractivity contribution in [3.05, 3.63) is 35.5 Å². The van der Waals surface area contributed by atoms with Gasteiger partial charge < -0.3 is 4.98 Å². The summed E-state index contributed by atoms with van der Waals surface area (Å²) in [5.74, 6) is -1.00. The molecule has 0 unspecified atom stereocenters. The number of aromatic amines is 1. The molecule has 1 aromatic heterocycles. The molecule has 0 aliphatic carbocycles. The number of nitriles is 1. The predicted molar refractivity (Wildman–Crippen MR) is 67.1 cm³/mol. The summed E-state index contributed by atoms with van der Waals surface area (Å²) in [6.45, 7) is 0. The summed E-state index contributed by atoms with van der Waals surface area (Å²) in [6, 6.07) is 6.86. The first-order valence-corrected chi connectivity index (χ1v) is 7.19. The topological polar surface area (TPSA) is 90.8 Å². The van der Waals surface area contributed by atoms with E-state index in [4.69, 9.17) is 5.26 Å². The van der Waals surface area contributed by atoms with Gasteiger partial charge in [0.2, 0.25) is 0 Å². The van der Waals surface area contributed by atoms with Gasteiger partial charge in [-0.05, 0) is 18.2 Å². The number of aromatic nitrogens is 1. The number of hydrogen-bond donors (Lipinski definition) is 1. The molecule has 0 saturated carbocycles. The molecule has 18 heavy (non-hydrogen) atoms. The third kappa shape index (κ3) is 2.41. The number of sulfone groups is 1. The van der Waals surface area contributed by atoms with Crippen LogP contribution < -0.4 is 0 Å². The standard InChI is InChI=1S/C12H10N2O3S/c1-18(16,17)7-12(15)10-6-14-11-3-2-8(5-13)4-9(10)11/h2-4,6,14H,7H2,1H3. The molecular weight excluding hydrogens is 252 g/mol. The molecule has 0 amide bonds. The lowest BCUT2D eigenvalue weighted by atomic mass is 10.1. The van der Waals surface area contributed by atoms with E-state index in [0.717, 1.165) is 6.26 Å². The third-order valence-electron chi connectivity index (χ3n) is 2.50. The van der Waals surface area contributed by atoms with Gasteiger partial charge in [-0.2, -0.15) is 5.26 Å². The Kier molecular flexibility index (Phi) is 2.93. The number of nitrogens with zero attached hydrogens (tertiary/aromatic N) is 1. The zero-order valence-corrected chi connectivity index (χ0v) is 10.4. The number of rotatable bonds is 3. The molecule has 0 aliphatic rings. The summed E-state index contributed by atoms with van der Waals surface area (Å²) in [4.78, 5) is 14.7. The lowest BCUT2D eigenvalue weighted by Gasteiger charge is -1.98. The van der Waals surface area contributed by atoms with E-state index >= 15 is 0 Å². The molecule has 1 N–H and O–H groups in total. The first kappa shape index (κ1) is 12.3. The maximum Gasteiger partial charge on any atom is 0.179 e. The van der Waals surface area contributed by atoms with E-state index in [-0.39, 0.29) is 0 Å². The quantitative estimate of drug-likeness (QED) is 0.843. The Morgan fingerprint density at radius 1 is 1.44 bits per heavy atom. The molecule has 1 heterocycles. The SMILES string of the molecule is CS(=O)(=O)CC(=O)c1c[nH]c2ccc(C#N)cc12. The monoisotopic (exact) mass is 262 g/mol. The molecule has 0 saturated heterocycles. The van der Waals surface area contributed by atoms with Gasteiger partial charge in [-0.25, -0.2) is 8.42 Å². The Hall–Kier alpha value is -2.13. The minimum atomic E-state index is -3.36. The van der Waals surface area contributed by atoms with Crippen molar-refractivity contribution in [2.45, 2.75) is 0 Å². The van der Waals surface area contributed by atoms with Crippen LogP contribution in [0.4, 0.5) is 0 Å². The molecule has 0 aliphatic heterocycles. The van der Waals surface area contributed by atoms with Gasteiger partial charge >= 0.3 is 0 Å². The average molecular weight is 262 g/mol. The first-order chi connectivity index (χ1) is 8.40. The van der Waals surface area contributed by atoms with Crippen molar-refractivity contribution in [1.29, 1.82) is 5.26 Å². The second-order valence-corrected chi connectivity index (χ2v) is 6.21. The fourth-order valence-corrected chi connectivity index (χ4v) is 2.37. The molecule has 1 aromatic carbocycles. The van der Waals surface area contributed by atoms with Crippen LogP contribution in [0.2, 0.25) is 0 Å². The molecule has 0 radical (unpaired) electrons. The highest BCUT2D eigenvalue weighted by Crippen LogP contribution is 2.20. The van der Waals surface area contributed by atoms with Crippen molar-refractivity contribution < 1.29 is 13.2 Å². The average Bonchev–Trinajstić information content (AvgIpc) is 2.69. The summed E-state index contributed by atoms with van der Waals surface area (Å²) < 4.78 is 22.2. The number of H-pyrrole nitrogens is 1. The van der Waals surface area contributed by atoms with Crippen molar-refractivity contribution >= 4 is 26.5 Å². The van der Waals surface area contributed by atoms with Crippen molar-refractivity contribution in [2.75, 3.05) is 12.0 Å². The van der Waals surface area contributed by atoms with Crippen LogP contribution in [0, 0.1) is 11.3 Å². The minimum absolute atomic E-state index is 0.299. The molecule has 0 bridgehead atoms. The van der Waals surface area contributed by atoms with Gasteiger partial charge in [0, 0.05) is 28.9 Å². The van der Waals surface area contributed by atoms with Gasteiger partial charge in [0.25, 0.3) is 0 Å². The van der Waals surface area contributed by atoms with Crippen LogP contribution in [0.15, 0.2) is 24.4 Å². The second kappa shape index (κ2) is 4.27. The van der Waals surface area contributed by atoms with Gasteiger partial charge in [0.05, 0.1) is 11.6 Å². The van der Waals surface area contributed by atoms with E-state index in [1.54, 1.807) is 18.2 Å². The van der Waals surface area contributed by atoms with Crippen LogP contribution in [0.3, 0.4) is 0 Å². The molecule has 0 atom stereocenters. The van der Waals surface area contributed by atoms with E-state index in [1.807, 2.05) is 6.07 Å². The van der Waals surface area contributed by atoms with Crippen LogP contribution in [0.1, 0.15) is 15.9 Å². The maximum absolute atomic E-state index is 11.9. The highest BCUT2D eigenvalue weighted by Gasteiger charge is 2.17. The van der Waals surface area contributed by atoms with Gasteiger partial charge in [0.1, 0.15) is 5.75 Å². The molecule has 2 rings (SSSR count). The van der Waals surface area contributed by atoms with E-state index in [9.17, 15) is 13.2 Å². The van der Waals surface area contributed by atoms with Crippen LogP contribution in [0.5, 0.6) is 0 Å². The Balaban J connectivity index is 2.52. The minimum Gasteiger partial charge on any atom is -0.360 e. The van der Waals surface area contributed by atoms with Gasteiger partial charge in [-0.15, -0.1) is 0 Å². The predicted octanol–water partition coefficient (Wildman–Crippen LogP) is 1.27. The molecule has 0 fully saturated rings. The molecule has 2 aromatic rings. The lowest BCUT2D eigenvalue weighted by molar-refractivity contribution is 0.102. The van der Waals surface area contributed by atoms with Crippen LogP contribution in [-0.4, -0.2) is 31.2 Å². The Morgan fingerprint density at radius 2 is 2.17 bits per heavy atom. The largest absolute Gasteiger partial charge is 0.360 e. The highest BCUT2D eigenvalue weighted by atomic mass is 32.2. The number of carbonyl (C=O) groups is 1. The second-order valence-electron chi connectivity index (χ2n) is 4.07.